The summed E-state index contributed by atoms with van der Waals surface area (Å²) in [4.78, 5) is 28.6. The normalized spacial score (nSPS) is 22.8. The highest BCUT2D eigenvalue weighted by atomic mass is 19.1. The van der Waals surface area contributed by atoms with Gasteiger partial charge in [-0.2, -0.15) is 0 Å². The van der Waals surface area contributed by atoms with Gasteiger partial charge in [-0.3, -0.25) is 4.79 Å². The molecule has 0 radical (unpaired) electrons. The van der Waals surface area contributed by atoms with E-state index >= 15 is 0 Å². The number of aromatic nitrogens is 4. The Bertz CT molecular complexity index is 1150. The van der Waals surface area contributed by atoms with Gasteiger partial charge in [-0.05, 0) is 56.0 Å². The third-order valence-corrected chi connectivity index (χ3v) is 5.92. The molecule has 1 saturated heterocycles. The average Bonchev–Trinajstić information content (AvgIpc) is 3.55. The van der Waals surface area contributed by atoms with Crippen LogP contribution in [0.2, 0.25) is 0 Å². The van der Waals surface area contributed by atoms with Gasteiger partial charge in [-0.1, -0.05) is 0 Å². The van der Waals surface area contributed by atoms with E-state index in [-0.39, 0.29) is 19.0 Å². The number of halogens is 1. The van der Waals surface area contributed by atoms with Crippen LogP contribution in [0.25, 0.3) is 22.6 Å². The zero-order valence-corrected chi connectivity index (χ0v) is 18.2. The Morgan fingerprint density at radius 1 is 1.21 bits per heavy atom. The van der Waals surface area contributed by atoms with E-state index < -0.39 is 17.6 Å². The lowest BCUT2D eigenvalue weighted by atomic mass is 9.91. The maximum absolute atomic E-state index is 13.5. The number of imidazole rings is 1. The zero-order chi connectivity index (χ0) is 23.0. The molecule has 9 nitrogen and oxygen atoms in total. The Morgan fingerprint density at radius 3 is 2.61 bits per heavy atom. The fourth-order valence-corrected chi connectivity index (χ4v) is 3.56. The van der Waals surface area contributed by atoms with Gasteiger partial charge in [-0.15, -0.1) is 0 Å². The summed E-state index contributed by atoms with van der Waals surface area (Å²) < 4.78 is 25.1. The Balaban J connectivity index is 1.47. The Hall–Kier alpha value is -3.37. The second-order valence-corrected chi connectivity index (χ2v) is 8.82. The van der Waals surface area contributed by atoms with Crippen molar-refractivity contribution in [2.75, 3.05) is 25.1 Å². The molecule has 1 aromatic carbocycles. The van der Waals surface area contributed by atoms with Crippen LogP contribution in [-0.2, 0) is 14.3 Å². The van der Waals surface area contributed by atoms with E-state index in [0.717, 1.165) is 6.54 Å². The van der Waals surface area contributed by atoms with E-state index in [1.807, 2.05) is 0 Å². The fraction of sp³-hybridized carbons (Fsp3) is 0.391. The van der Waals surface area contributed by atoms with Crippen LogP contribution in [0.1, 0.15) is 31.9 Å². The molecule has 2 fully saturated rings. The molecule has 3 heterocycles. The number of rotatable bonds is 7. The first-order valence-electron chi connectivity index (χ1n) is 10.9. The zero-order valence-electron chi connectivity index (χ0n) is 18.2. The summed E-state index contributed by atoms with van der Waals surface area (Å²) in [7, 11) is 0. The smallest absolute Gasteiger partial charge is 0.228 e. The highest BCUT2D eigenvalue weighted by molar-refractivity contribution is 5.81. The van der Waals surface area contributed by atoms with E-state index in [0.29, 0.717) is 40.3 Å². The van der Waals surface area contributed by atoms with Crippen LogP contribution in [0.4, 0.5) is 10.3 Å². The van der Waals surface area contributed by atoms with Crippen molar-refractivity contribution in [1.29, 1.82) is 0 Å². The van der Waals surface area contributed by atoms with Crippen molar-refractivity contribution in [1.82, 2.24) is 19.9 Å². The lowest BCUT2D eigenvalue weighted by Gasteiger charge is -2.34. The van der Waals surface area contributed by atoms with Crippen molar-refractivity contribution in [3.63, 3.8) is 0 Å². The summed E-state index contributed by atoms with van der Waals surface area (Å²) in [6.45, 7) is 2.75. The second-order valence-electron chi connectivity index (χ2n) is 8.82. The molecule has 0 atom stereocenters. The van der Waals surface area contributed by atoms with Gasteiger partial charge in [0.1, 0.15) is 5.82 Å². The molecule has 0 bridgehead atoms. The molecule has 2 aromatic heterocycles. The molecule has 0 spiro atoms. The van der Waals surface area contributed by atoms with Gasteiger partial charge in [0.25, 0.3) is 0 Å². The molecule has 5 rings (SSSR count). The van der Waals surface area contributed by atoms with Crippen LogP contribution in [0.15, 0.2) is 36.5 Å². The number of benzene rings is 1. The maximum atomic E-state index is 13.5. The number of nitrogens with two attached hydrogens (primary N) is 1. The summed E-state index contributed by atoms with van der Waals surface area (Å²) in [5.41, 5.74) is 7.10. The van der Waals surface area contributed by atoms with E-state index in [4.69, 9.17) is 20.2 Å². The lowest BCUT2D eigenvalue weighted by molar-refractivity contribution is -0.230. The van der Waals surface area contributed by atoms with Crippen molar-refractivity contribution < 1.29 is 18.7 Å². The molecule has 10 heteroatoms. The van der Waals surface area contributed by atoms with Gasteiger partial charge < -0.3 is 25.5 Å². The predicted octanol–water partition coefficient (Wildman–Crippen LogP) is 3.03. The average molecular weight is 452 g/mol. The number of ether oxygens (including phenoxy) is 2. The molecule has 0 unspecified atom stereocenters. The number of anilines is 1. The number of hydrogen-bond acceptors (Lipinski definition) is 7. The topological polar surface area (TPSA) is 128 Å². The maximum Gasteiger partial charge on any atom is 0.228 e. The molecule has 3 aromatic rings. The summed E-state index contributed by atoms with van der Waals surface area (Å²) in [5.74, 6) is 0.803. The Morgan fingerprint density at radius 2 is 1.94 bits per heavy atom. The number of primary amides is 1. The van der Waals surface area contributed by atoms with Gasteiger partial charge in [-0.25, -0.2) is 19.3 Å². The number of aromatic amines is 1. The number of nitrogens with one attached hydrogen (secondary N) is 2. The minimum absolute atomic E-state index is 0.109. The largest absolute Gasteiger partial charge is 0.369 e. The first-order valence-corrected chi connectivity index (χ1v) is 10.9. The Labute approximate surface area is 189 Å². The van der Waals surface area contributed by atoms with Crippen LogP contribution in [0.5, 0.6) is 0 Å². The lowest BCUT2D eigenvalue weighted by Crippen LogP contribution is -2.46. The van der Waals surface area contributed by atoms with Gasteiger partial charge in [0, 0.05) is 18.3 Å². The quantitative estimate of drug-likeness (QED) is 0.503. The number of amides is 1. The molecule has 1 saturated carbocycles. The fourth-order valence-electron chi connectivity index (χ4n) is 3.56. The summed E-state index contributed by atoms with van der Waals surface area (Å²) in [6, 6.07) is 7.83. The minimum Gasteiger partial charge on any atom is -0.369 e. The van der Waals surface area contributed by atoms with E-state index in [2.05, 4.69) is 20.3 Å². The Kier molecular flexibility index (Phi) is 5.55. The molecule has 1 aliphatic heterocycles. The number of carbonyl (C=O) groups excluding carboxylic acids is 1. The molecule has 1 amide bonds. The first kappa shape index (κ1) is 21.5. The van der Waals surface area contributed by atoms with E-state index in [1.54, 1.807) is 31.3 Å². The van der Waals surface area contributed by atoms with Crippen molar-refractivity contribution >= 4 is 11.9 Å². The monoisotopic (exact) mass is 452 g/mol. The molecular weight excluding hydrogens is 427 g/mol. The third kappa shape index (κ3) is 4.57. The molecule has 33 heavy (non-hydrogen) atoms. The van der Waals surface area contributed by atoms with Crippen LogP contribution >= 0.6 is 0 Å². The van der Waals surface area contributed by atoms with Crippen LogP contribution in [-0.4, -0.2) is 45.6 Å². The molecule has 4 N–H and O–H groups in total. The SMILES string of the molecule is CC1(C(N)=O)COC(c2nc(-c3ccc(F)cc3)c(-c3ccnc(NCC4CC4)n3)[nH]2)OC1. The van der Waals surface area contributed by atoms with Gasteiger partial charge in [0.15, 0.2) is 5.82 Å². The summed E-state index contributed by atoms with van der Waals surface area (Å²) in [6.07, 6.45) is 3.32. The molecule has 2 aliphatic rings. The van der Waals surface area contributed by atoms with Crippen LogP contribution in [0.3, 0.4) is 0 Å². The molecular formula is C23H25FN6O3. The van der Waals surface area contributed by atoms with Crippen molar-refractivity contribution in [2.24, 2.45) is 17.1 Å². The van der Waals surface area contributed by atoms with E-state index in [9.17, 15) is 9.18 Å². The highest BCUT2D eigenvalue weighted by Crippen LogP contribution is 2.35. The van der Waals surface area contributed by atoms with Gasteiger partial charge >= 0.3 is 0 Å². The highest BCUT2D eigenvalue weighted by Gasteiger charge is 2.39. The first-order chi connectivity index (χ1) is 15.9. The summed E-state index contributed by atoms with van der Waals surface area (Å²) in [5, 5.41) is 3.27. The van der Waals surface area contributed by atoms with Gasteiger partial charge in [0.05, 0.1) is 35.7 Å². The van der Waals surface area contributed by atoms with Crippen LogP contribution in [0, 0.1) is 17.2 Å². The van der Waals surface area contributed by atoms with Gasteiger partial charge in [0.2, 0.25) is 18.1 Å². The molecule has 1 aliphatic carbocycles. The number of hydrogen-bond donors (Lipinski definition) is 3. The number of carbonyl (C=O) groups is 1. The van der Waals surface area contributed by atoms with Crippen molar-refractivity contribution in [2.45, 2.75) is 26.1 Å². The molecule has 172 valence electrons. The minimum atomic E-state index is -0.902. The van der Waals surface area contributed by atoms with Crippen molar-refractivity contribution in [3.8, 4) is 22.6 Å². The van der Waals surface area contributed by atoms with E-state index in [1.165, 1.54) is 25.0 Å². The second kappa shape index (κ2) is 8.53. The third-order valence-electron chi connectivity index (χ3n) is 5.92. The number of H-pyrrole nitrogens is 1. The van der Waals surface area contributed by atoms with Crippen molar-refractivity contribution in [3.05, 3.63) is 48.2 Å². The standard InChI is InChI=1S/C23H25FN6O3/c1-23(21(25)31)11-32-20(33-12-23)19-29-17(14-4-6-15(24)7-5-14)18(30-19)16-8-9-26-22(28-16)27-10-13-2-3-13/h4-9,13,20H,2-3,10-12H2,1H3,(H2,25,31)(H,29,30)(H,26,27,28). The predicted molar refractivity (Wildman–Crippen MR) is 118 cm³/mol. The summed E-state index contributed by atoms with van der Waals surface area (Å²) >= 11 is 0. The number of nitrogens with zero attached hydrogens (tertiary/aromatic N) is 3. The van der Waals surface area contributed by atoms with Crippen LogP contribution < -0.4 is 11.1 Å².